The van der Waals surface area contributed by atoms with Gasteiger partial charge in [0.15, 0.2) is 0 Å². The lowest BCUT2D eigenvalue weighted by molar-refractivity contribution is 0.0998. The molecule has 0 saturated heterocycles. The van der Waals surface area contributed by atoms with E-state index in [2.05, 4.69) is 10.0 Å². The van der Waals surface area contributed by atoms with Crippen LogP contribution in [0.1, 0.15) is 28.4 Å². The Labute approximate surface area is 194 Å². The summed E-state index contributed by atoms with van der Waals surface area (Å²) in [6.07, 6.45) is 0. The number of hydrogen-bond acceptors (Lipinski definition) is 5. The predicted molar refractivity (Wildman–Crippen MR) is 130 cm³/mol. The van der Waals surface area contributed by atoms with Gasteiger partial charge >= 0.3 is 0 Å². The lowest BCUT2D eigenvalue weighted by Crippen LogP contribution is -2.16. The van der Waals surface area contributed by atoms with Gasteiger partial charge in [-0.25, -0.2) is 8.42 Å². The van der Waals surface area contributed by atoms with Crippen LogP contribution in [0.2, 0.25) is 0 Å². The highest BCUT2D eigenvalue weighted by atomic mass is 32.2. The number of benzene rings is 3. The molecule has 8 heteroatoms. The second-order valence-corrected chi connectivity index (χ2v) is 9.18. The van der Waals surface area contributed by atoms with Crippen LogP contribution in [-0.2, 0) is 14.8 Å². The molecule has 0 unspecified atom stereocenters. The van der Waals surface area contributed by atoms with E-state index >= 15 is 0 Å². The maximum Gasteiger partial charge on any atom is 0.261 e. The summed E-state index contributed by atoms with van der Waals surface area (Å²) in [5.74, 6) is 0.0949. The zero-order valence-corrected chi connectivity index (χ0v) is 19.7. The van der Waals surface area contributed by atoms with Gasteiger partial charge in [0.25, 0.3) is 15.9 Å². The zero-order valence-electron chi connectivity index (χ0n) is 18.9. The molecule has 3 rings (SSSR count). The van der Waals surface area contributed by atoms with Crippen molar-refractivity contribution in [3.63, 3.8) is 0 Å². The minimum absolute atomic E-state index is 0.0966. The normalized spacial score (nSPS) is 11.1. The van der Waals surface area contributed by atoms with Crippen molar-refractivity contribution in [1.29, 1.82) is 0 Å². The Balaban J connectivity index is 1.69. The van der Waals surface area contributed by atoms with Gasteiger partial charge in [-0.2, -0.15) is 0 Å². The number of hydrogen-bond donors (Lipinski definition) is 2. The molecule has 0 radical (unpaired) electrons. The van der Waals surface area contributed by atoms with E-state index in [9.17, 15) is 13.2 Å². The summed E-state index contributed by atoms with van der Waals surface area (Å²) in [6, 6.07) is 18.4. The Hall–Kier alpha value is -3.36. The number of sulfonamides is 1. The molecule has 0 saturated carbocycles. The van der Waals surface area contributed by atoms with E-state index in [4.69, 9.17) is 9.47 Å². The molecule has 3 aromatic rings. The van der Waals surface area contributed by atoms with Crippen LogP contribution in [-0.4, -0.2) is 34.1 Å². The van der Waals surface area contributed by atoms with Gasteiger partial charge < -0.3 is 14.8 Å². The number of carbonyl (C=O) groups excluding carboxylic acids is 1. The van der Waals surface area contributed by atoms with Gasteiger partial charge in [-0.05, 0) is 80.4 Å². The molecule has 0 aliphatic carbocycles. The van der Waals surface area contributed by atoms with Crippen molar-refractivity contribution in [2.75, 3.05) is 29.9 Å². The molecular formula is C25H28N2O5S. The summed E-state index contributed by atoms with van der Waals surface area (Å²) in [5, 5.41) is 2.78. The molecule has 0 heterocycles. The molecule has 3 aromatic carbocycles. The lowest BCUT2D eigenvalue weighted by Gasteiger charge is -2.13. The van der Waals surface area contributed by atoms with Crippen LogP contribution in [0.3, 0.4) is 0 Å². The maximum absolute atomic E-state index is 12.8. The molecule has 2 N–H and O–H groups in total. The molecule has 7 nitrogen and oxygen atoms in total. The first-order valence-electron chi connectivity index (χ1n) is 10.6. The van der Waals surface area contributed by atoms with Crippen molar-refractivity contribution in [3.8, 4) is 5.75 Å². The molecule has 33 heavy (non-hydrogen) atoms. The first kappa shape index (κ1) is 24.3. The number of ether oxygens (including phenoxy) is 2. The van der Waals surface area contributed by atoms with Gasteiger partial charge in [-0.15, -0.1) is 0 Å². The fraction of sp³-hybridized carbons (Fsp3) is 0.240. The monoisotopic (exact) mass is 468 g/mol. The molecule has 0 aromatic heterocycles. The van der Waals surface area contributed by atoms with Crippen LogP contribution in [0.4, 0.5) is 11.4 Å². The number of para-hydroxylation sites is 1. The highest BCUT2D eigenvalue weighted by Crippen LogP contribution is 2.22. The number of amides is 1. The fourth-order valence-corrected chi connectivity index (χ4v) is 4.34. The standard InChI is InChI=1S/C25H28N2O5S/c1-4-31-13-14-32-24-8-6-5-7-23(24)25(28)26-20-9-11-22(12-10-20)33(29,30)27-21-16-18(2)15-19(3)17-21/h5-12,15-17,27H,4,13-14H2,1-3H3,(H,26,28). The first-order chi connectivity index (χ1) is 15.8. The SMILES string of the molecule is CCOCCOc1ccccc1C(=O)Nc1ccc(S(=O)(=O)Nc2cc(C)cc(C)c2)cc1. The second kappa shape index (κ2) is 11.0. The van der Waals surface area contributed by atoms with Crippen LogP contribution in [0.15, 0.2) is 71.6 Å². The van der Waals surface area contributed by atoms with E-state index in [0.717, 1.165) is 11.1 Å². The Morgan fingerprint density at radius 2 is 1.55 bits per heavy atom. The molecule has 1 amide bonds. The average Bonchev–Trinajstić information content (AvgIpc) is 2.76. The fourth-order valence-electron chi connectivity index (χ4n) is 3.30. The van der Waals surface area contributed by atoms with E-state index in [-0.39, 0.29) is 10.8 Å². The number of rotatable bonds is 10. The minimum Gasteiger partial charge on any atom is -0.490 e. The van der Waals surface area contributed by atoms with Crippen molar-refractivity contribution in [1.82, 2.24) is 0 Å². The minimum atomic E-state index is -3.76. The van der Waals surface area contributed by atoms with Crippen molar-refractivity contribution < 1.29 is 22.7 Å². The van der Waals surface area contributed by atoms with Crippen molar-refractivity contribution in [2.45, 2.75) is 25.7 Å². The third kappa shape index (κ3) is 6.81. The smallest absolute Gasteiger partial charge is 0.261 e. The van der Waals surface area contributed by atoms with Crippen LogP contribution >= 0.6 is 0 Å². The van der Waals surface area contributed by atoms with Gasteiger partial charge in [0.05, 0.1) is 17.1 Å². The van der Waals surface area contributed by atoms with E-state index in [1.54, 1.807) is 48.5 Å². The van der Waals surface area contributed by atoms with E-state index in [1.165, 1.54) is 12.1 Å². The Morgan fingerprint density at radius 3 is 2.21 bits per heavy atom. The van der Waals surface area contributed by atoms with E-state index < -0.39 is 10.0 Å². The summed E-state index contributed by atoms with van der Waals surface area (Å²) in [5.41, 5.74) is 3.28. The van der Waals surface area contributed by atoms with Crippen molar-refractivity contribution >= 4 is 27.3 Å². The van der Waals surface area contributed by atoms with Gasteiger partial charge in [-0.1, -0.05) is 18.2 Å². The van der Waals surface area contributed by atoms with Crippen LogP contribution < -0.4 is 14.8 Å². The van der Waals surface area contributed by atoms with Gasteiger partial charge in [-0.3, -0.25) is 9.52 Å². The van der Waals surface area contributed by atoms with Crippen LogP contribution in [0.25, 0.3) is 0 Å². The number of aryl methyl sites for hydroxylation is 2. The summed E-state index contributed by atoms with van der Waals surface area (Å²) < 4.78 is 39.0. The van der Waals surface area contributed by atoms with Crippen LogP contribution in [0.5, 0.6) is 5.75 Å². The molecule has 0 atom stereocenters. The molecule has 0 spiro atoms. The number of anilines is 2. The molecular weight excluding hydrogens is 440 g/mol. The van der Waals surface area contributed by atoms with Crippen molar-refractivity contribution in [3.05, 3.63) is 83.4 Å². The third-order valence-corrected chi connectivity index (χ3v) is 6.11. The Kier molecular flexibility index (Phi) is 8.08. The predicted octanol–water partition coefficient (Wildman–Crippen LogP) is 4.77. The molecule has 0 aliphatic heterocycles. The van der Waals surface area contributed by atoms with Crippen LogP contribution in [0, 0.1) is 13.8 Å². The topological polar surface area (TPSA) is 93.7 Å². The number of carbonyl (C=O) groups is 1. The van der Waals surface area contributed by atoms with E-state index in [0.29, 0.717) is 42.5 Å². The molecule has 174 valence electrons. The Bertz CT molecular complexity index is 1190. The van der Waals surface area contributed by atoms with Crippen molar-refractivity contribution in [2.24, 2.45) is 0 Å². The summed E-state index contributed by atoms with van der Waals surface area (Å²) in [6.45, 7) is 7.07. The second-order valence-electron chi connectivity index (χ2n) is 7.50. The summed E-state index contributed by atoms with van der Waals surface area (Å²) in [7, 11) is -3.76. The first-order valence-corrected chi connectivity index (χ1v) is 12.1. The van der Waals surface area contributed by atoms with E-state index in [1.807, 2.05) is 26.8 Å². The highest BCUT2D eigenvalue weighted by Gasteiger charge is 2.16. The third-order valence-electron chi connectivity index (χ3n) is 4.72. The lowest BCUT2D eigenvalue weighted by atomic mass is 10.1. The number of nitrogens with one attached hydrogen (secondary N) is 2. The maximum atomic E-state index is 12.8. The average molecular weight is 469 g/mol. The van der Waals surface area contributed by atoms with Gasteiger partial charge in [0.1, 0.15) is 12.4 Å². The van der Waals surface area contributed by atoms with Gasteiger partial charge in [0.2, 0.25) is 0 Å². The Morgan fingerprint density at radius 1 is 0.879 bits per heavy atom. The molecule has 0 aliphatic rings. The summed E-state index contributed by atoms with van der Waals surface area (Å²) in [4.78, 5) is 12.9. The molecule has 0 fully saturated rings. The quantitative estimate of drug-likeness (QED) is 0.418. The zero-order chi connectivity index (χ0) is 23.8. The summed E-state index contributed by atoms with van der Waals surface area (Å²) >= 11 is 0. The van der Waals surface area contributed by atoms with Gasteiger partial charge in [0, 0.05) is 18.0 Å². The molecule has 0 bridgehead atoms. The largest absolute Gasteiger partial charge is 0.490 e. The highest BCUT2D eigenvalue weighted by molar-refractivity contribution is 7.92.